The third kappa shape index (κ3) is 4.53. The molecule has 0 radical (unpaired) electrons. The molecule has 13 heteroatoms. The van der Waals surface area contributed by atoms with Crippen LogP contribution in [0.4, 0.5) is 20.4 Å². The van der Waals surface area contributed by atoms with E-state index in [0.717, 1.165) is 24.4 Å². The number of methoxy groups -OCH3 is 1. The fourth-order valence-corrected chi connectivity index (χ4v) is 3.60. The largest absolute Gasteiger partial charge is 0.480 e. The second kappa shape index (κ2) is 8.44. The molecule has 3 rings (SSSR count). The van der Waals surface area contributed by atoms with Crippen LogP contribution < -0.4 is 15.2 Å². The fraction of sp³-hybridized carbons (Fsp3) is 0.0588. The Balaban J connectivity index is 2.00. The lowest BCUT2D eigenvalue weighted by Gasteiger charge is -2.12. The molecule has 0 saturated carbocycles. The number of aromatic nitrogens is 4. The van der Waals surface area contributed by atoms with Gasteiger partial charge in [0.25, 0.3) is 10.0 Å². The number of ether oxygens (including phenoxy) is 1. The van der Waals surface area contributed by atoms with E-state index < -0.39 is 37.8 Å². The minimum absolute atomic E-state index is 0.00345. The molecule has 9 nitrogen and oxygen atoms in total. The average molecular weight is 453 g/mol. The molecule has 3 aromatic rings. The van der Waals surface area contributed by atoms with Crippen molar-refractivity contribution >= 4 is 33.3 Å². The van der Waals surface area contributed by atoms with E-state index in [9.17, 15) is 17.2 Å². The number of nitrogens with one attached hydrogen (secondary N) is 1. The molecule has 1 aromatic carbocycles. The Hall–Kier alpha value is -3.56. The molecule has 0 fully saturated rings. The zero-order valence-electron chi connectivity index (χ0n) is 15.0. The molecule has 2 heterocycles. The Morgan fingerprint density at radius 1 is 1.17 bits per heavy atom. The van der Waals surface area contributed by atoms with E-state index in [1.807, 2.05) is 4.72 Å². The first-order chi connectivity index (χ1) is 14.2. The molecule has 0 aliphatic rings. The lowest BCUT2D eigenvalue weighted by atomic mass is 10.1. The minimum Gasteiger partial charge on any atom is -0.480 e. The molecular weight excluding hydrogens is 442 g/mol. The summed E-state index contributed by atoms with van der Waals surface area (Å²) in [5.41, 5.74) is 4.06. The number of hydrogen-bond donors (Lipinski definition) is 2. The fourth-order valence-electron chi connectivity index (χ4n) is 2.17. The van der Waals surface area contributed by atoms with Gasteiger partial charge in [0, 0.05) is 6.20 Å². The minimum atomic E-state index is -4.38. The smallest absolute Gasteiger partial charge is 0.267 e. The van der Waals surface area contributed by atoms with Crippen LogP contribution in [0.15, 0.2) is 35.5 Å². The summed E-state index contributed by atoms with van der Waals surface area (Å²) in [6.07, 6.45) is 2.34. The van der Waals surface area contributed by atoms with Gasteiger partial charge in [0.2, 0.25) is 11.8 Å². The summed E-state index contributed by atoms with van der Waals surface area (Å²) < 4.78 is 61.1. The van der Waals surface area contributed by atoms with Crippen molar-refractivity contribution < 1.29 is 21.9 Å². The predicted octanol–water partition coefficient (Wildman–Crippen LogP) is 1.99. The first-order valence-corrected chi connectivity index (χ1v) is 9.75. The number of hydrogen-bond acceptors (Lipinski definition) is 8. The van der Waals surface area contributed by atoms with Crippen molar-refractivity contribution in [2.75, 3.05) is 17.6 Å². The monoisotopic (exact) mass is 452 g/mol. The van der Waals surface area contributed by atoms with Crippen LogP contribution in [0, 0.1) is 23.5 Å². The van der Waals surface area contributed by atoms with Gasteiger partial charge in [-0.1, -0.05) is 17.5 Å². The quantitative estimate of drug-likeness (QED) is 0.574. The topological polar surface area (TPSA) is 133 Å². The molecule has 0 atom stereocenters. The van der Waals surface area contributed by atoms with Gasteiger partial charge in [-0.2, -0.15) is 0 Å². The Kier molecular flexibility index (Phi) is 5.95. The van der Waals surface area contributed by atoms with Crippen LogP contribution in [0.25, 0.3) is 0 Å². The standard InChI is InChI=1S/C17H11ClF2N6O3S/c1-29-16-14(6-9(18)7-22-16)30(27,28)26-13-5-4-12(19)11(15(13)20)3-2-10-8-23-17(21)25-24-10/h4-8,26H,1H3,(H2,21,23,25). The molecular formula is C17H11ClF2N6O3S. The van der Waals surface area contributed by atoms with Gasteiger partial charge in [-0.15, -0.1) is 10.2 Å². The molecule has 2 aromatic heterocycles. The van der Waals surface area contributed by atoms with Gasteiger partial charge in [0.05, 0.1) is 29.6 Å². The van der Waals surface area contributed by atoms with Crippen molar-refractivity contribution in [1.29, 1.82) is 0 Å². The maximum atomic E-state index is 14.8. The van der Waals surface area contributed by atoms with Gasteiger partial charge in [-0.3, -0.25) is 4.72 Å². The number of halogens is 3. The summed E-state index contributed by atoms with van der Waals surface area (Å²) in [5.74, 6) is 2.00. The first-order valence-electron chi connectivity index (χ1n) is 7.89. The summed E-state index contributed by atoms with van der Waals surface area (Å²) in [4.78, 5) is 6.97. The van der Waals surface area contributed by atoms with Crippen molar-refractivity contribution in [3.63, 3.8) is 0 Å². The van der Waals surface area contributed by atoms with E-state index in [4.69, 9.17) is 22.1 Å². The number of nitrogens with zero attached hydrogens (tertiary/aromatic N) is 4. The van der Waals surface area contributed by atoms with E-state index in [1.165, 1.54) is 13.3 Å². The second-order valence-corrected chi connectivity index (χ2v) is 7.59. The summed E-state index contributed by atoms with van der Waals surface area (Å²) >= 11 is 5.79. The van der Waals surface area contributed by atoms with Crippen LogP contribution in [-0.4, -0.2) is 35.7 Å². The molecule has 0 unspecified atom stereocenters. The number of nitrogen functional groups attached to an aromatic ring is 1. The summed E-state index contributed by atoms with van der Waals surface area (Å²) in [6.45, 7) is 0. The lowest BCUT2D eigenvalue weighted by molar-refractivity contribution is 0.385. The zero-order valence-corrected chi connectivity index (χ0v) is 16.6. The van der Waals surface area contributed by atoms with E-state index in [-0.39, 0.29) is 22.5 Å². The van der Waals surface area contributed by atoms with Crippen LogP contribution >= 0.6 is 11.6 Å². The van der Waals surface area contributed by atoms with E-state index >= 15 is 0 Å². The highest BCUT2D eigenvalue weighted by Crippen LogP contribution is 2.28. The highest BCUT2D eigenvalue weighted by Gasteiger charge is 2.24. The third-order valence-electron chi connectivity index (χ3n) is 3.50. The Morgan fingerprint density at radius 3 is 2.60 bits per heavy atom. The van der Waals surface area contributed by atoms with Crippen LogP contribution in [0.3, 0.4) is 0 Å². The number of rotatable bonds is 4. The Morgan fingerprint density at radius 2 is 1.93 bits per heavy atom. The average Bonchev–Trinajstić information content (AvgIpc) is 2.71. The second-order valence-electron chi connectivity index (χ2n) is 5.50. The van der Waals surface area contributed by atoms with Crippen LogP contribution in [0.5, 0.6) is 5.88 Å². The molecule has 0 aliphatic carbocycles. The number of pyridine rings is 1. The van der Waals surface area contributed by atoms with Crippen molar-refractivity contribution in [2.24, 2.45) is 0 Å². The van der Waals surface area contributed by atoms with E-state index in [1.54, 1.807) is 0 Å². The molecule has 0 saturated heterocycles. The molecule has 0 amide bonds. The SMILES string of the molecule is COc1ncc(Cl)cc1S(=O)(=O)Nc1ccc(F)c(C#Cc2cnc(N)nn2)c1F. The molecule has 0 spiro atoms. The van der Waals surface area contributed by atoms with Gasteiger partial charge in [0.1, 0.15) is 5.82 Å². The van der Waals surface area contributed by atoms with Crippen molar-refractivity contribution in [2.45, 2.75) is 4.90 Å². The van der Waals surface area contributed by atoms with Gasteiger partial charge in [-0.25, -0.2) is 27.2 Å². The van der Waals surface area contributed by atoms with Gasteiger partial charge < -0.3 is 10.5 Å². The van der Waals surface area contributed by atoms with Crippen molar-refractivity contribution in [3.8, 4) is 17.7 Å². The molecule has 154 valence electrons. The summed E-state index contributed by atoms with van der Waals surface area (Å²) in [6, 6.07) is 2.83. The zero-order chi connectivity index (χ0) is 21.9. The van der Waals surface area contributed by atoms with Crippen LogP contribution in [0.2, 0.25) is 5.02 Å². The number of benzene rings is 1. The number of nitrogens with two attached hydrogens (primary N) is 1. The summed E-state index contributed by atoms with van der Waals surface area (Å²) in [5, 5.41) is 7.08. The van der Waals surface area contributed by atoms with Crippen LogP contribution in [0.1, 0.15) is 11.3 Å². The highest BCUT2D eigenvalue weighted by molar-refractivity contribution is 7.92. The van der Waals surface area contributed by atoms with Crippen molar-refractivity contribution in [1.82, 2.24) is 20.2 Å². The van der Waals surface area contributed by atoms with Gasteiger partial charge >= 0.3 is 0 Å². The normalized spacial score (nSPS) is 10.8. The van der Waals surface area contributed by atoms with Crippen molar-refractivity contribution in [3.05, 3.63) is 58.5 Å². The predicted molar refractivity (Wildman–Crippen MR) is 103 cm³/mol. The molecule has 0 aliphatic heterocycles. The van der Waals surface area contributed by atoms with Crippen LogP contribution in [-0.2, 0) is 10.0 Å². The third-order valence-corrected chi connectivity index (χ3v) is 5.06. The summed E-state index contributed by atoms with van der Waals surface area (Å²) in [7, 11) is -3.18. The van der Waals surface area contributed by atoms with E-state index in [2.05, 4.69) is 32.0 Å². The Labute approximate surface area is 174 Å². The van der Waals surface area contributed by atoms with Gasteiger partial charge in [0.15, 0.2) is 16.4 Å². The first kappa shape index (κ1) is 21.2. The molecule has 0 bridgehead atoms. The van der Waals surface area contributed by atoms with Gasteiger partial charge in [-0.05, 0) is 24.1 Å². The highest BCUT2D eigenvalue weighted by atomic mass is 35.5. The van der Waals surface area contributed by atoms with E-state index in [0.29, 0.717) is 0 Å². The Bertz CT molecular complexity index is 1280. The number of anilines is 2. The molecule has 3 N–H and O–H groups in total. The molecule has 30 heavy (non-hydrogen) atoms. The number of sulfonamides is 1. The maximum absolute atomic E-state index is 14.8. The lowest BCUT2D eigenvalue weighted by Crippen LogP contribution is -2.16. The maximum Gasteiger partial charge on any atom is 0.267 e.